The van der Waals surface area contributed by atoms with Gasteiger partial charge in [0.25, 0.3) is 11.8 Å². The average molecular weight is 317 g/mol. The van der Waals surface area contributed by atoms with Crippen LogP contribution in [0.1, 0.15) is 27.7 Å². The Morgan fingerprint density at radius 2 is 1.21 bits per heavy atom. The van der Waals surface area contributed by atoms with Gasteiger partial charge in [0, 0.05) is 13.1 Å². The van der Waals surface area contributed by atoms with Crippen LogP contribution in [0.5, 0.6) is 0 Å². The Morgan fingerprint density at radius 3 is 1.42 bits per heavy atom. The van der Waals surface area contributed by atoms with Crippen molar-refractivity contribution in [2.24, 2.45) is 5.41 Å². The fourth-order valence-electron chi connectivity index (χ4n) is 1.06. The third kappa shape index (κ3) is 11.0. The van der Waals surface area contributed by atoms with Crippen molar-refractivity contribution in [3.63, 3.8) is 0 Å². The lowest BCUT2D eigenvalue weighted by atomic mass is 9.93. The Balaban J connectivity index is -0.00000128. The number of hydrogen-bond donors (Lipinski definition) is 4. The quantitative estimate of drug-likeness (QED) is 0.390. The maximum atomic E-state index is 11.4. The normalized spacial score (nSPS) is 13.4. The first-order valence-electron chi connectivity index (χ1n) is 5.87. The molecule has 2 atom stereocenters. The number of nitrogens with one attached hydrogen (secondary N) is 2. The largest absolute Gasteiger partial charge is 1.00 e. The number of rotatable bonds is 6. The molecule has 0 aliphatic rings. The van der Waals surface area contributed by atoms with Gasteiger partial charge in [0.2, 0.25) is 0 Å². The van der Waals surface area contributed by atoms with Gasteiger partial charge in [-0.05, 0) is 19.3 Å². The molecule has 0 aromatic rings. The zero-order valence-electron chi connectivity index (χ0n) is 12.1. The van der Waals surface area contributed by atoms with Crippen LogP contribution < -0.4 is 46.9 Å². The van der Waals surface area contributed by atoms with Crippen molar-refractivity contribution >= 4 is 11.8 Å². The summed E-state index contributed by atoms with van der Waals surface area (Å²) < 4.78 is 0. The lowest BCUT2D eigenvalue weighted by Gasteiger charge is -2.25. The summed E-state index contributed by atoms with van der Waals surface area (Å²) >= 11 is 0. The molecule has 2 amide bonds. The molecule has 6 nitrogen and oxygen atoms in total. The summed E-state index contributed by atoms with van der Waals surface area (Å²) in [6.45, 7) is 8.47. The minimum atomic E-state index is -0.264. The fourth-order valence-corrected chi connectivity index (χ4v) is 1.06. The summed E-state index contributed by atoms with van der Waals surface area (Å²) in [5.41, 5.74) is 7.11. The van der Waals surface area contributed by atoms with E-state index in [-0.39, 0.29) is 54.1 Å². The van der Waals surface area contributed by atoms with E-state index in [0.29, 0.717) is 13.1 Å². The zero-order valence-corrected chi connectivity index (χ0v) is 13.6. The smallest absolute Gasteiger partial charge is 0.277 e. The molecule has 0 aliphatic heterocycles. The van der Waals surface area contributed by atoms with Crippen LogP contribution in [0.15, 0.2) is 0 Å². The van der Waals surface area contributed by atoms with Crippen LogP contribution in [-0.4, -0.2) is 37.0 Å². The molecule has 0 heterocycles. The van der Waals surface area contributed by atoms with Crippen LogP contribution in [0.3, 0.4) is 0 Å². The SMILES string of the molecule is C[C@H]([NH3+])C(=O)NCC(C)(C)CNC(=O)[C@H](C)[NH3+].[Cl-].[Cl-]. The molecule has 19 heavy (non-hydrogen) atoms. The molecule has 0 spiro atoms. The maximum absolute atomic E-state index is 11.4. The average Bonchev–Trinajstić information content (AvgIpc) is 2.22. The first kappa shape index (κ1) is 23.5. The number of carbonyl (C=O) groups excluding carboxylic acids is 2. The molecule has 0 aromatic carbocycles. The van der Waals surface area contributed by atoms with E-state index in [1.807, 2.05) is 13.8 Å². The second-order valence-electron chi connectivity index (χ2n) is 5.40. The number of quaternary nitrogens is 2. The monoisotopic (exact) mass is 316 g/mol. The highest BCUT2D eigenvalue weighted by molar-refractivity contribution is 5.80. The highest BCUT2D eigenvalue weighted by Gasteiger charge is 2.22. The molecular weight excluding hydrogens is 291 g/mol. The van der Waals surface area contributed by atoms with E-state index < -0.39 is 0 Å². The van der Waals surface area contributed by atoms with E-state index in [0.717, 1.165) is 0 Å². The van der Waals surface area contributed by atoms with Gasteiger partial charge < -0.3 is 46.9 Å². The molecule has 0 saturated carbocycles. The van der Waals surface area contributed by atoms with E-state index in [9.17, 15) is 9.59 Å². The molecule has 0 bridgehead atoms. The Bertz CT molecular complexity index is 258. The van der Waals surface area contributed by atoms with Crippen molar-refractivity contribution in [2.75, 3.05) is 13.1 Å². The Labute approximate surface area is 127 Å². The van der Waals surface area contributed by atoms with Gasteiger partial charge in [-0.3, -0.25) is 9.59 Å². The maximum Gasteiger partial charge on any atom is 0.277 e. The summed E-state index contributed by atoms with van der Waals surface area (Å²) in [5, 5.41) is 5.61. The Hall–Kier alpha value is -0.560. The Morgan fingerprint density at radius 1 is 0.947 bits per heavy atom. The van der Waals surface area contributed by atoms with Crippen LogP contribution in [0.25, 0.3) is 0 Å². The van der Waals surface area contributed by atoms with Crippen molar-refractivity contribution in [3.05, 3.63) is 0 Å². The standard InChI is InChI=1S/C11H24N4O2.2ClH/c1-7(12)9(16)14-5-11(3,4)6-15-10(17)8(2)13;;/h7-8H,5-6,12-13H2,1-4H3,(H,14,16)(H,15,17);2*1H/t7-,8-;;/m0../s1. The molecule has 8 N–H and O–H groups in total. The summed E-state index contributed by atoms with van der Waals surface area (Å²) in [6, 6.07) is -0.527. The zero-order chi connectivity index (χ0) is 13.6. The van der Waals surface area contributed by atoms with Crippen molar-refractivity contribution in [2.45, 2.75) is 39.8 Å². The minimum absolute atomic E-state index is 0. The van der Waals surface area contributed by atoms with E-state index >= 15 is 0 Å². The van der Waals surface area contributed by atoms with Gasteiger partial charge in [0.05, 0.1) is 0 Å². The predicted molar refractivity (Wildman–Crippen MR) is 64.5 cm³/mol. The van der Waals surface area contributed by atoms with E-state index in [4.69, 9.17) is 0 Å². The molecular formula is C11H26Cl2N4O2. The molecule has 8 heteroatoms. The van der Waals surface area contributed by atoms with Gasteiger partial charge in [-0.2, -0.15) is 0 Å². The van der Waals surface area contributed by atoms with Crippen molar-refractivity contribution in [3.8, 4) is 0 Å². The van der Waals surface area contributed by atoms with Gasteiger partial charge >= 0.3 is 0 Å². The highest BCUT2D eigenvalue weighted by atomic mass is 35.5. The molecule has 0 fully saturated rings. The number of carbonyl (C=O) groups is 2. The molecule has 0 aromatic heterocycles. The van der Waals surface area contributed by atoms with Gasteiger partial charge in [-0.1, -0.05) is 13.8 Å². The van der Waals surface area contributed by atoms with Gasteiger partial charge in [0.15, 0.2) is 12.1 Å². The lowest BCUT2D eigenvalue weighted by molar-refractivity contribution is -0.398. The van der Waals surface area contributed by atoms with Crippen LogP contribution in [0, 0.1) is 5.41 Å². The van der Waals surface area contributed by atoms with Crippen LogP contribution in [0.4, 0.5) is 0 Å². The van der Waals surface area contributed by atoms with E-state index in [1.54, 1.807) is 13.8 Å². The van der Waals surface area contributed by atoms with Gasteiger partial charge in [-0.25, -0.2) is 0 Å². The lowest BCUT2D eigenvalue weighted by Crippen LogP contribution is -3.00. The first-order chi connectivity index (χ1) is 7.65. The Kier molecular flexibility index (Phi) is 12.7. The summed E-state index contributed by atoms with van der Waals surface area (Å²) in [4.78, 5) is 22.7. The number of hydrogen-bond acceptors (Lipinski definition) is 2. The van der Waals surface area contributed by atoms with Crippen LogP contribution in [-0.2, 0) is 9.59 Å². The van der Waals surface area contributed by atoms with Crippen LogP contribution >= 0.6 is 0 Å². The molecule has 0 aliphatic carbocycles. The molecule has 0 rings (SSSR count). The molecule has 116 valence electrons. The third-order valence-corrected chi connectivity index (χ3v) is 2.38. The summed E-state index contributed by atoms with van der Waals surface area (Å²) in [7, 11) is 0. The highest BCUT2D eigenvalue weighted by Crippen LogP contribution is 2.11. The number of amides is 2. The van der Waals surface area contributed by atoms with Crippen molar-refractivity contribution in [1.29, 1.82) is 0 Å². The van der Waals surface area contributed by atoms with Gasteiger partial charge in [-0.15, -0.1) is 0 Å². The minimum Gasteiger partial charge on any atom is -1.00 e. The molecule has 0 radical (unpaired) electrons. The second-order valence-corrected chi connectivity index (χ2v) is 5.40. The van der Waals surface area contributed by atoms with E-state index in [1.165, 1.54) is 0 Å². The van der Waals surface area contributed by atoms with E-state index in [2.05, 4.69) is 22.1 Å². The third-order valence-electron chi connectivity index (χ3n) is 2.38. The molecule has 0 saturated heterocycles. The predicted octanol–water partition coefficient (Wildman–Crippen LogP) is -8.49. The van der Waals surface area contributed by atoms with Crippen LogP contribution in [0.2, 0.25) is 0 Å². The summed E-state index contributed by atoms with van der Waals surface area (Å²) in [5.74, 6) is -0.148. The van der Waals surface area contributed by atoms with Gasteiger partial charge in [0.1, 0.15) is 0 Å². The number of halogens is 2. The fraction of sp³-hybridized carbons (Fsp3) is 0.818. The summed E-state index contributed by atoms with van der Waals surface area (Å²) in [6.07, 6.45) is 0. The van der Waals surface area contributed by atoms with Crippen molar-refractivity contribution in [1.82, 2.24) is 10.6 Å². The molecule has 0 unspecified atom stereocenters. The first-order valence-corrected chi connectivity index (χ1v) is 5.87. The second kappa shape index (κ2) is 10.3. The van der Waals surface area contributed by atoms with Crippen molar-refractivity contribution < 1.29 is 45.9 Å². The topological polar surface area (TPSA) is 113 Å².